The Labute approximate surface area is 193 Å². The highest BCUT2D eigenvalue weighted by Crippen LogP contribution is 2.26. The number of carbonyl (C=O) groups is 3. The zero-order chi connectivity index (χ0) is 23.6. The smallest absolute Gasteiger partial charge is 0.270 e. The first kappa shape index (κ1) is 23.2. The number of likely N-dealkylation sites (tertiary alicyclic amines) is 1. The van der Waals surface area contributed by atoms with Crippen LogP contribution < -0.4 is 5.32 Å². The van der Waals surface area contributed by atoms with Crippen LogP contribution in [0.2, 0.25) is 0 Å². The van der Waals surface area contributed by atoms with Gasteiger partial charge in [0.2, 0.25) is 15.9 Å². The molecular formula is C23H28N4O5S. The van der Waals surface area contributed by atoms with Crippen LogP contribution in [0.15, 0.2) is 41.4 Å². The molecule has 2 aromatic rings. The molecule has 0 unspecified atom stereocenters. The van der Waals surface area contributed by atoms with E-state index in [9.17, 15) is 22.8 Å². The van der Waals surface area contributed by atoms with Crippen LogP contribution in [-0.4, -0.2) is 66.4 Å². The Balaban J connectivity index is 1.44. The largest absolute Gasteiger partial charge is 0.356 e. The van der Waals surface area contributed by atoms with E-state index in [0.717, 1.165) is 12.8 Å². The summed E-state index contributed by atoms with van der Waals surface area (Å²) in [5.74, 6) is -1.10. The van der Waals surface area contributed by atoms with Crippen LogP contribution in [-0.2, 0) is 14.8 Å². The monoisotopic (exact) mass is 472 g/mol. The highest BCUT2D eigenvalue weighted by atomic mass is 32.2. The first-order valence-corrected chi connectivity index (χ1v) is 12.6. The molecule has 10 heteroatoms. The van der Waals surface area contributed by atoms with Crippen molar-refractivity contribution >= 4 is 33.3 Å². The van der Waals surface area contributed by atoms with Gasteiger partial charge in [-0.15, -0.1) is 0 Å². The van der Waals surface area contributed by atoms with Gasteiger partial charge in [0.25, 0.3) is 5.91 Å². The summed E-state index contributed by atoms with van der Waals surface area (Å²) < 4.78 is 27.7. The van der Waals surface area contributed by atoms with Crippen molar-refractivity contribution in [3.8, 4) is 0 Å². The first-order valence-electron chi connectivity index (χ1n) is 11.2. The Morgan fingerprint density at radius 1 is 1.06 bits per heavy atom. The predicted octanol–water partition coefficient (Wildman–Crippen LogP) is 2.49. The summed E-state index contributed by atoms with van der Waals surface area (Å²) in [4.78, 5) is 41.5. The van der Waals surface area contributed by atoms with Crippen molar-refractivity contribution in [1.82, 2.24) is 14.2 Å². The van der Waals surface area contributed by atoms with Gasteiger partial charge >= 0.3 is 0 Å². The van der Waals surface area contributed by atoms with Crippen molar-refractivity contribution in [3.63, 3.8) is 0 Å². The van der Waals surface area contributed by atoms with Crippen molar-refractivity contribution in [2.45, 2.75) is 37.5 Å². The van der Waals surface area contributed by atoms with Gasteiger partial charge in [-0.1, -0.05) is 12.1 Å². The molecule has 2 amide bonds. The lowest BCUT2D eigenvalue weighted by atomic mass is 9.98. The summed E-state index contributed by atoms with van der Waals surface area (Å²) in [5.41, 5.74) is 1.25. The van der Waals surface area contributed by atoms with Gasteiger partial charge in [-0.3, -0.25) is 14.4 Å². The van der Waals surface area contributed by atoms with Crippen LogP contribution in [0, 0.1) is 5.92 Å². The molecule has 0 saturated carbocycles. The molecule has 176 valence electrons. The maximum atomic E-state index is 13.2. The molecule has 2 N–H and O–H groups in total. The van der Waals surface area contributed by atoms with Crippen LogP contribution in [0.3, 0.4) is 0 Å². The highest BCUT2D eigenvalue weighted by Gasteiger charge is 2.34. The quantitative estimate of drug-likeness (QED) is 0.626. The zero-order valence-corrected chi connectivity index (χ0v) is 19.4. The second-order valence-electron chi connectivity index (χ2n) is 8.58. The van der Waals surface area contributed by atoms with Gasteiger partial charge in [-0.05, 0) is 50.8 Å². The maximum Gasteiger partial charge on any atom is 0.270 e. The van der Waals surface area contributed by atoms with E-state index in [2.05, 4.69) is 10.3 Å². The predicted molar refractivity (Wildman–Crippen MR) is 122 cm³/mol. The van der Waals surface area contributed by atoms with E-state index in [1.807, 2.05) is 0 Å². The Bertz CT molecular complexity index is 1170. The summed E-state index contributed by atoms with van der Waals surface area (Å²) in [6.07, 6.45) is 4.36. The molecule has 3 heterocycles. The molecule has 2 saturated heterocycles. The molecule has 0 bridgehead atoms. The molecule has 4 rings (SSSR count). The van der Waals surface area contributed by atoms with E-state index in [1.165, 1.54) is 23.5 Å². The fraction of sp³-hybridized carbons (Fsp3) is 0.435. The number of sulfonamides is 1. The minimum absolute atomic E-state index is 0.0280. The summed E-state index contributed by atoms with van der Waals surface area (Å²) >= 11 is 0. The second kappa shape index (κ2) is 9.48. The molecule has 2 fully saturated rings. The van der Waals surface area contributed by atoms with E-state index in [4.69, 9.17) is 0 Å². The normalized spacial score (nSPS) is 19.4. The topological polar surface area (TPSA) is 120 Å². The zero-order valence-electron chi connectivity index (χ0n) is 18.5. The number of hydrogen-bond acceptors (Lipinski definition) is 5. The van der Waals surface area contributed by atoms with Crippen molar-refractivity contribution in [3.05, 3.63) is 47.8 Å². The van der Waals surface area contributed by atoms with Gasteiger partial charge in [0.15, 0.2) is 5.78 Å². The lowest BCUT2D eigenvalue weighted by Crippen LogP contribution is -2.43. The number of hydrogen-bond donors (Lipinski definition) is 2. The first-order chi connectivity index (χ1) is 15.8. The number of anilines is 1. The molecule has 1 aromatic carbocycles. The number of Topliss-reactive ketones (excluding diaryl/α,β-unsaturated/α-hetero) is 1. The number of aromatic nitrogens is 1. The number of piperidine rings is 1. The minimum atomic E-state index is -3.85. The van der Waals surface area contributed by atoms with Gasteiger partial charge in [0.1, 0.15) is 10.6 Å². The van der Waals surface area contributed by atoms with Gasteiger partial charge in [0, 0.05) is 43.6 Å². The number of ketones is 1. The number of rotatable bonds is 6. The number of benzene rings is 1. The van der Waals surface area contributed by atoms with Crippen molar-refractivity contribution < 1.29 is 22.8 Å². The fourth-order valence-electron chi connectivity index (χ4n) is 4.32. The molecule has 0 spiro atoms. The Morgan fingerprint density at radius 3 is 2.55 bits per heavy atom. The van der Waals surface area contributed by atoms with Crippen LogP contribution >= 0.6 is 0 Å². The summed E-state index contributed by atoms with van der Waals surface area (Å²) in [5, 5.41) is 2.80. The molecule has 33 heavy (non-hydrogen) atoms. The molecule has 2 aliphatic rings. The number of amides is 2. The summed E-state index contributed by atoms with van der Waals surface area (Å²) in [6, 6.07) is 8.05. The lowest BCUT2D eigenvalue weighted by molar-refractivity contribution is -0.120. The molecule has 2 aliphatic heterocycles. The number of carbonyl (C=O) groups excluding carboxylic acids is 3. The Morgan fingerprint density at radius 2 is 1.82 bits per heavy atom. The third kappa shape index (κ3) is 5.01. The second-order valence-corrected chi connectivity index (χ2v) is 10.5. The third-order valence-corrected chi connectivity index (χ3v) is 8.05. The summed E-state index contributed by atoms with van der Waals surface area (Å²) in [7, 11) is -3.85. The Hall–Kier alpha value is -2.98. The van der Waals surface area contributed by atoms with Gasteiger partial charge < -0.3 is 15.2 Å². The number of nitrogens with zero attached hydrogens (tertiary/aromatic N) is 2. The molecule has 1 atom stereocenters. The number of aromatic amines is 1. The average Bonchev–Trinajstić information content (AvgIpc) is 3.52. The minimum Gasteiger partial charge on any atom is -0.356 e. The number of H-pyrrole nitrogens is 1. The Kier molecular flexibility index (Phi) is 6.66. The molecule has 0 radical (unpaired) electrons. The molecule has 1 aromatic heterocycles. The maximum absolute atomic E-state index is 13.2. The number of nitrogens with one attached hydrogen (secondary N) is 2. The van der Waals surface area contributed by atoms with Crippen molar-refractivity contribution in [2.24, 2.45) is 5.92 Å². The van der Waals surface area contributed by atoms with Crippen molar-refractivity contribution in [1.29, 1.82) is 0 Å². The van der Waals surface area contributed by atoms with Crippen LogP contribution in [0.4, 0.5) is 5.69 Å². The van der Waals surface area contributed by atoms with Crippen LogP contribution in [0.25, 0.3) is 0 Å². The van der Waals surface area contributed by atoms with Crippen molar-refractivity contribution in [2.75, 3.05) is 31.5 Å². The highest BCUT2D eigenvalue weighted by molar-refractivity contribution is 7.89. The average molecular weight is 473 g/mol. The molecule has 9 nitrogen and oxygen atoms in total. The van der Waals surface area contributed by atoms with E-state index >= 15 is 0 Å². The van der Waals surface area contributed by atoms with Crippen LogP contribution in [0.1, 0.15) is 53.5 Å². The van der Waals surface area contributed by atoms with Gasteiger partial charge in [0.05, 0.1) is 5.92 Å². The van der Waals surface area contributed by atoms with Gasteiger partial charge in [-0.2, -0.15) is 4.31 Å². The fourth-order valence-corrected chi connectivity index (χ4v) is 5.84. The standard InChI is InChI=1S/C23H28N4O5S/c1-16(28)17-6-4-8-19(12-17)25-22(29)18-7-5-11-27(15-18)33(31,32)20-13-21(24-14-20)23(30)26-9-2-3-10-26/h4,6,8,12-14,18,24H,2-3,5,7,9-11,15H2,1H3,(H,25,29)/t18-/m1/s1. The van der Waals surface area contributed by atoms with E-state index in [1.54, 1.807) is 29.2 Å². The van der Waals surface area contributed by atoms with Gasteiger partial charge in [-0.25, -0.2) is 8.42 Å². The van der Waals surface area contributed by atoms with E-state index in [-0.39, 0.29) is 34.7 Å². The summed E-state index contributed by atoms with van der Waals surface area (Å²) in [6.45, 7) is 3.18. The SMILES string of the molecule is CC(=O)c1cccc(NC(=O)[C@@H]2CCCN(S(=O)(=O)c3c[nH]c(C(=O)N4CCCC4)c3)C2)c1. The lowest BCUT2D eigenvalue weighted by Gasteiger charge is -2.31. The van der Waals surface area contributed by atoms with E-state index < -0.39 is 15.9 Å². The van der Waals surface area contributed by atoms with E-state index in [0.29, 0.717) is 43.7 Å². The third-order valence-electron chi connectivity index (χ3n) is 6.21. The molecule has 0 aliphatic carbocycles. The van der Waals surface area contributed by atoms with Crippen LogP contribution in [0.5, 0.6) is 0 Å². The molecular weight excluding hydrogens is 444 g/mol.